The molecule has 7 fully saturated rings. The molecule has 7 rings (SSSR count). The topological polar surface area (TPSA) is 170 Å². The Morgan fingerprint density at radius 1 is 0.491 bits per heavy atom. The van der Waals surface area contributed by atoms with Gasteiger partial charge >= 0.3 is 29.6 Å². The van der Waals surface area contributed by atoms with Crippen molar-refractivity contribution in [1.29, 1.82) is 0 Å². The van der Waals surface area contributed by atoms with Crippen LogP contribution in [-0.4, -0.2) is 137 Å². The number of rotatable bonds is 13. The van der Waals surface area contributed by atoms with Gasteiger partial charge in [-0.3, -0.25) is 0 Å². The van der Waals surface area contributed by atoms with Crippen molar-refractivity contribution in [2.75, 3.05) is 91.8 Å². The number of hydrogen-bond acceptors (Lipinski definition) is 10. The molecule has 4 atom stereocenters. The molecule has 11 nitrogen and oxygen atoms in total. The van der Waals surface area contributed by atoms with Crippen LogP contribution in [-0.2, 0) is 33.2 Å². The zero-order valence-electron chi connectivity index (χ0n) is 34.0. The van der Waals surface area contributed by atoms with Crippen LogP contribution in [0.15, 0.2) is 0 Å². The number of alkyl halides is 1. The third-order valence-corrected chi connectivity index (χ3v) is 9.49. The maximum Gasteiger partial charge on any atom is 1.00 e. The Balaban J connectivity index is -0.000000561. The largest absolute Gasteiger partial charge is 1.00 e. The first-order chi connectivity index (χ1) is 24.5. The van der Waals surface area contributed by atoms with E-state index >= 15 is 0 Å². The van der Waals surface area contributed by atoms with E-state index in [4.69, 9.17) is 60.1 Å². The maximum atomic E-state index is 8.69. The van der Waals surface area contributed by atoms with Gasteiger partial charge in [-0.15, -0.1) is 11.6 Å². The van der Waals surface area contributed by atoms with Crippen LogP contribution in [0.4, 0.5) is 0 Å². The Morgan fingerprint density at radius 2 is 0.774 bits per heavy atom. The van der Waals surface area contributed by atoms with Gasteiger partial charge in [0.25, 0.3) is 0 Å². The predicted octanol–water partition coefficient (Wildman–Crippen LogP) is -0.251. The van der Waals surface area contributed by atoms with Crippen LogP contribution >= 0.6 is 11.6 Å². The van der Waals surface area contributed by atoms with Crippen LogP contribution in [0.3, 0.4) is 0 Å². The molecule has 0 aromatic heterocycles. The summed E-state index contributed by atoms with van der Waals surface area (Å²) in [5.41, 5.74) is 0. The van der Waals surface area contributed by atoms with Crippen molar-refractivity contribution in [3.8, 4) is 0 Å². The first kappa shape index (κ1) is 58.5. The Bertz CT molecular complexity index is 654. The van der Waals surface area contributed by atoms with E-state index in [0.717, 1.165) is 72.0 Å². The van der Waals surface area contributed by atoms with Gasteiger partial charge in [-0.25, -0.2) is 0 Å². The molecule has 5 N–H and O–H groups in total. The minimum Gasteiger partial charge on any atom is -1.00 e. The van der Waals surface area contributed by atoms with E-state index in [2.05, 4.69) is 0 Å². The Labute approximate surface area is 356 Å². The first-order valence-electron chi connectivity index (χ1n) is 20.1. The van der Waals surface area contributed by atoms with Gasteiger partial charge in [-0.1, -0.05) is 57.8 Å². The van der Waals surface area contributed by atoms with Gasteiger partial charge in [0.2, 0.25) is 0 Å². The van der Waals surface area contributed by atoms with Gasteiger partial charge in [0.05, 0.1) is 58.2 Å². The molecule has 0 radical (unpaired) electrons. The molecular weight excluding hydrogens is 738 g/mol. The molecule has 7 aliphatic rings. The van der Waals surface area contributed by atoms with Gasteiger partial charge in [0.1, 0.15) is 18.3 Å². The van der Waals surface area contributed by atoms with Gasteiger partial charge in [-0.2, -0.15) is 0 Å². The minimum absolute atomic E-state index is 0. The van der Waals surface area contributed by atoms with E-state index in [1.54, 1.807) is 6.92 Å². The van der Waals surface area contributed by atoms with E-state index in [-0.39, 0.29) is 54.0 Å². The summed E-state index contributed by atoms with van der Waals surface area (Å²) in [6.07, 6.45) is 21.9. The van der Waals surface area contributed by atoms with E-state index in [0.29, 0.717) is 55.3 Å². The first-order valence-corrected chi connectivity index (χ1v) is 20.6. The number of aliphatic hydroxyl groups excluding tert-OH is 3. The standard InChI is InChI=1S/C10H18O2.2C7H14O.2C5H10O2.C3H5ClO.C2H6O.ClH.Na.H2O/c1-2-4-9(5-3-1)6-11-7-10-8-12-10;2*8-6-7-4-2-1-3-5-7;2*1-2-6-3-5-4-7-5;4-1-3-2-5-3;1-2-3;;;/h9-10H,1-8H2;2*7-8H,1-6H2;2*5H,2-4H2,1H3;3H,1-2H2;3H,2H2,1H3;1H;;1H2/q;;;;;;;;+1;/p-1. The van der Waals surface area contributed by atoms with Crippen LogP contribution in [0.2, 0.25) is 0 Å². The third kappa shape index (κ3) is 42.6. The van der Waals surface area contributed by atoms with Crippen molar-refractivity contribution in [3.63, 3.8) is 0 Å². The second kappa shape index (κ2) is 42.7. The average Bonchev–Trinajstić information content (AvgIpc) is 3.98. The van der Waals surface area contributed by atoms with E-state index in [1.807, 2.05) is 13.8 Å². The van der Waals surface area contributed by atoms with Crippen LogP contribution in [0.1, 0.15) is 117 Å². The molecule has 4 aliphatic heterocycles. The van der Waals surface area contributed by atoms with Crippen LogP contribution in [0.5, 0.6) is 0 Å². The summed E-state index contributed by atoms with van der Waals surface area (Å²) in [7, 11) is 0. The second-order valence-electron chi connectivity index (χ2n) is 14.0. The summed E-state index contributed by atoms with van der Waals surface area (Å²) in [6, 6.07) is 0. The van der Waals surface area contributed by atoms with Crippen molar-refractivity contribution >= 4 is 11.6 Å². The smallest absolute Gasteiger partial charge is 1.00 e. The van der Waals surface area contributed by atoms with Gasteiger partial charge in [-0.05, 0) is 77.0 Å². The third-order valence-electron chi connectivity index (χ3n) is 9.15. The predicted molar refractivity (Wildman–Crippen MR) is 204 cm³/mol. The summed E-state index contributed by atoms with van der Waals surface area (Å²) >= 11 is 5.27. The fraction of sp³-hybridized carbons (Fsp3) is 1.00. The molecule has 3 saturated carbocycles. The SMILES string of the molecule is C1CCC(COCC2CO2)CC1.CCO.CCOCC1CO1.CCOCC1CO1.ClCC1CO1.O.OCC1CCCCC1.OCC1CCCCC1.[Cl-].[Na+]. The average molecular weight is 818 g/mol. The molecule has 0 aromatic rings. The van der Waals surface area contributed by atoms with E-state index in [9.17, 15) is 0 Å². The summed E-state index contributed by atoms with van der Waals surface area (Å²) in [5, 5.41) is 25.0. The normalized spacial score (nSPS) is 25.0. The molecule has 0 amide bonds. The fourth-order valence-corrected chi connectivity index (χ4v) is 5.79. The van der Waals surface area contributed by atoms with Gasteiger partial charge in [0.15, 0.2) is 0 Å². The minimum atomic E-state index is 0. The molecule has 4 heterocycles. The van der Waals surface area contributed by atoms with Crippen molar-refractivity contribution in [2.45, 2.75) is 141 Å². The number of aliphatic hydroxyl groups is 3. The fourth-order valence-electron chi connectivity index (χ4n) is 5.61. The Hall–Kier alpha value is 1.14. The molecule has 4 saturated heterocycles. The summed E-state index contributed by atoms with van der Waals surface area (Å²) in [5.74, 6) is 2.80. The number of epoxide rings is 4. The van der Waals surface area contributed by atoms with Gasteiger partial charge in [0, 0.05) is 39.6 Å². The Morgan fingerprint density at radius 3 is 0.981 bits per heavy atom. The molecule has 14 heteroatoms. The zero-order chi connectivity index (χ0) is 36.5. The number of halogens is 2. The monoisotopic (exact) mass is 816 g/mol. The molecule has 53 heavy (non-hydrogen) atoms. The molecule has 0 bridgehead atoms. The van der Waals surface area contributed by atoms with Gasteiger partial charge < -0.3 is 66.4 Å². The molecule has 0 spiro atoms. The molecule has 316 valence electrons. The molecule has 3 aliphatic carbocycles. The maximum absolute atomic E-state index is 8.69. The number of hydrogen-bond donors (Lipinski definition) is 3. The van der Waals surface area contributed by atoms with Crippen LogP contribution < -0.4 is 42.0 Å². The molecule has 4 unspecified atom stereocenters. The van der Waals surface area contributed by atoms with Crippen molar-refractivity contribution in [3.05, 3.63) is 0 Å². The quantitative estimate of drug-likeness (QED) is 0.128. The zero-order valence-corrected chi connectivity index (χ0v) is 37.5. The van der Waals surface area contributed by atoms with Crippen LogP contribution in [0, 0.1) is 17.8 Å². The Kier molecular flexibility index (Phi) is 47.1. The van der Waals surface area contributed by atoms with Crippen molar-refractivity contribution in [1.82, 2.24) is 0 Å². The van der Waals surface area contributed by atoms with E-state index < -0.39 is 0 Å². The van der Waals surface area contributed by atoms with E-state index in [1.165, 1.54) is 96.3 Å². The number of ether oxygens (including phenoxy) is 7. The summed E-state index contributed by atoms with van der Waals surface area (Å²) < 4.78 is 35.2. The second-order valence-corrected chi connectivity index (χ2v) is 14.3. The van der Waals surface area contributed by atoms with Crippen LogP contribution in [0.25, 0.3) is 0 Å². The molecular formula is C39H79Cl2NaO11. The summed E-state index contributed by atoms with van der Waals surface area (Å²) in [4.78, 5) is 0. The molecule has 0 aromatic carbocycles. The van der Waals surface area contributed by atoms with Crippen molar-refractivity contribution in [2.24, 2.45) is 17.8 Å². The van der Waals surface area contributed by atoms with Crippen molar-refractivity contribution < 1.29 is 95.9 Å². The summed E-state index contributed by atoms with van der Waals surface area (Å²) in [6.45, 7) is 15.3.